The fraction of sp³-hybridized carbons (Fsp3) is 0.375. The van der Waals surface area contributed by atoms with E-state index in [9.17, 15) is 14.4 Å². The van der Waals surface area contributed by atoms with Crippen molar-refractivity contribution in [1.82, 2.24) is 5.32 Å². The maximum Gasteiger partial charge on any atom is 0.328 e. The van der Waals surface area contributed by atoms with E-state index in [1.54, 1.807) is 24.3 Å². The SMILES string of the molecule is COC(=O)[C@@H](CC(C)C)NC(=O)C(CC(=O)c1ccccc1)Cc1ccccc1. The zero-order valence-corrected chi connectivity index (χ0v) is 17.3. The van der Waals surface area contributed by atoms with Crippen LogP contribution in [0.25, 0.3) is 0 Å². The number of nitrogens with one attached hydrogen (secondary N) is 1. The Balaban J connectivity index is 2.19. The number of rotatable bonds is 10. The molecule has 154 valence electrons. The summed E-state index contributed by atoms with van der Waals surface area (Å²) in [5, 5.41) is 2.81. The van der Waals surface area contributed by atoms with E-state index in [4.69, 9.17) is 4.74 Å². The van der Waals surface area contributed by atoms with Gasteiger partial charge in [-0.2, -0.15) is 0 Å². The number of ketones is 1. The first-order valence-corrected chi connectivity index (χ1v) is 9.91. The number of esters is 1. The van der Waals surface area contributed by atoms with E-state index in [0.717, 1.165) is 5.56 Å². The Labute approximate surface area is 172 Å². The Kier molecular flexibility index (Phi) is 8.59. The molecule has 1 N–H and O–H groups in total. The molecule has 1 amide bonds. The number of hydrogen-bond acceptors (Lipinski definition) is 4. The summed E-state index contributed by atoms with van der Waals surface area (Å²) in [6.07, 6.45) is 0.963. The van der Waals surface area contributed by atoms with Crippen molar-refractivity contribution in [1.29, 1.82) is 0 Å². The molecule has 0 aliphatic carbocycles. The number of Topliss-reactive ketones (excluding diaryl/α,β-unsaturated/α-hetero) is 1. The van der Waals surface area contributed by atoms with E-state index in [1.165, 1.54) is 7.11 Å². The number of hydrogen-bond donors (Lipinski definition) is 1. The van der Waals surface area contributed by atoms with Crippen LogP contribution in [0.15, 0.2) is 60.7 Å². The van der Waals surface area contributed by atoms with E-state index in [2.05, 4.69) is 5.32 Å². The lowest BCUT2D eigenvalue weighted by Crippen LogP contribution is -2.45. The van der Waals surface area contributed by atoms with E-state index in [0.29, 0.717) is 18.4 Å². The Hall–Kier alpha value is -2.95. The van der Waals surface area contributed by atoms with Crippen LogP contribution >= 0.6 is 0 Å². The highest BCUT2D eigenvalue weighted by Crippen LogP contribution is 2.18. The Morgan fingerprint density at radius 1 is 0.931 bits per heavy atom. The smallest absolute Gasteiger partial charge is 0.328 e. The van der Waals surface area contributed by atoms with Crippen LogP contribution in [0.5, 0.6) is 0 Å². The maximum absolute atomic E-state index is 13.1. The molecule has 0 heterocycles. The average Bonchev–Trinajstić information content (AvgIpc) is 2.73. The first kappa shape index (κ1) is 22.3. The van der Waals surface area contributed by atoms with E-state index in [-0.39, 0.29) is 24.0 Å². The molecule has 0 fully saturated rings. The number of amides is 1. The average molecular weight is 395 g/mol. The quantitative estimate of drug-likeness (QED) is 0.490. The minimum Gasteiger partial charge on any atom is -0.467 e. The maximum atomic E-state index is 13.1. The van der Waals surface area contributed by atoms with Gasteiger partial charge in [-0.25, -0.2) is 4.79 Å². The van der Waals surface area contributed by atoms with Crippen LogP contribution in [0.2, 0.25) is 0 Å². The molecule has 0 saturated heterocycles. The Morgan fingerprint density at radius 3 is 2.07 bits per heavy atom. The van der Waals surface area contributed by atoms with Crippen molar-refractivity contribution in [3.8, 4) is 0 Å². The summed E-state index contributed by atoms with van der Waals surface area (Å²) in [7, 11) is 1.31. The van der Waals surface area contributed by atoms with E-state index in [1.807, 2.05) is 50.2 Å². The highest BCUT2D eigenvalue weighted by atomic mass is 16.5. The van der Waals surface area contributed by atoms with Crippen LogP contribution in [-0.4, -0.2) is 30.8 Å². The lowest BCUT2D eigenvalue weighted by Gasteiger charge is -2.22. The molecule has 5 nitrogen and oxygen atoms in total. The molecule has 0 aromatic heterocycles. The molecular weight excluding hydrogens is 366 g/mol. The van der Waals surface area contributed by atoms with Gasteiger partial charge in [0.15, 0.2) is 5.78 Å². The predicted octanol–water partition coefficient (Wildman–Crippen LogP) is 3.82. The van der Waals surface area contributed by atoms with Gasteiger partial charge >= 0.3 is 5.97 Å². The van der Waals surface area contributed by atoms with Gasteiger partial charge in [0.1, 0.15) is 6.04 Å². The first-order valence-electron chi connectivity index (χ1n) is 9.91. The van der Waals surface area contributed by atoms with Crippen LogP contribution in [0, 0.1) is 11.8 Å². The zero-order chi connectivity index (χ0) is 21.2. The molecule has 0 aliphatic rings. The zero-order valence-electron chi connectivity index (χ0n) is 17.3. The third kappa shape index (κ3) is 7.18. The third-order valence-corrected chi connectivity index (χ3v) is 4.73. The van der Waals surface area contributed by atoms with Crippen LogP contribution < -0.4 is 5.32 Å². The summed E-state index contributed by atoms with van der Waals surface area (Å²) < 4.78 is 4.84. The second kappa shape index (κ2) is 11.1. The second-order valence-corrected chi connectivity index (χ2v) is 7.59. The van der Waals surface area contributed by atoms with Gasteiger partial charge in [0.05, 0.1) is 7.11 Å². The van der Waals surface area contributed by atoms with Crippen molar-refractivity contribution in [2.45, 2.75) is 39.2 Å². The summed E-state index contributed by atoms with van der Waals surface area (Å²) in [5.41, 5.74) is 1.54. The van der Waals surface area contributed by atoms with Crippen LogP contribution in [-0.2, 0) is 20.7 Å². The number of carbonyl (C=O) groups excluding carboxylic acids is 3. The molecule has 0 bridgehead atoms. The van der Waals surface area contributed by atoms with Crippen LogP contribution in [0.1, 0.15) is 42.6 Å². The molecule has 29 heavy (non-hydrogen) atoms. The fourth-order valence-corrected chi connectivity index (χ4v) is 3.24. The molecule has 2 aromatic rings. The van der Waals surface area contributed by atoms with Gasteiger partial charge < -0.3 is 10.1 Å². The monoisotopic (exact) mass is 395 g/mol. The van der Waals surface area contributed by atoms with Crippen molar-refractivity contribution in [2.75, 3.05) is 7.11 Å². The fourth-order valence-electron chi connectivity index (χ4n) is 3.24. The lowest BCUT2D eigenvalue weighted by molar-refractivity contribution is -0.146. The molecule has 0 aliphatic heterocycles. The van der Waals surface area contributed by atoms with Crippen molar-refractivity contribution in [3.63, 3.8) is 0 Å². The molecule has 0 radical (unpaired) electrons. The minimum absolute atomic E-state index is 0.0698. The Morgan fingerprint density at radius 2 is 1.52 bits per heavy atom. The van der Waals surface area contributed by atoms with Gasteiger partial charge in [-0.15, -0.1) is 0 Å². The number of carbonyl (C=O) groups is 3. The summed E-state index contributed by atoms with van der Waals surface area (Å²) >= 11 is 0. The first-order chi connectivity index (χ1) is 13.9. The largest absolute Gasteiger partial charge is 0.467 e. The highest BCUT2D eigenvalue weighted by Gasteiger charge is 2.28. The lowest BCUT2D eigenvalue weighted by atomic mass is 9.90. The molecule has 0 saturated carbocycles. The second-order valence-electron chi connectivity index (χ2n) is 7.59. The van der Waals surface area contributed by atoms with Crippen molar-refractivity contribution >= 4 is 17.7 Å². The molecule has 2 aromatic carbocycles. The van der Waals surface area contributed by atoms with Crippen molar-refractivity contribution in [3.05, 3.63) is 71.8 Å². The van der Waals surface area contributed by atoms with Crippen molar-refractivity contribution < 1.29 is 19.1 Å². The normalized spacial score (nSPS) is 12.8. The molecule has 5 heteroatoms. The summed E-state index contributed by atoms with van der Waals surface area (Å²) in [4.78, 5) is 37.9. The summed E-state index contributed by atoms with van der Waals surface area (Å²) in [6.45, 7) is 3.95. The van der Waals surface area contributed by atoms with Gasteiger partial charge in [0, 0.05) is 17.9 Å². The number of methoxy groups -OCH3 is 1. The molecule has 2 atom stereocenters. The number of benzene rings is 2. The van der Waals surface area contributed by atoms with Gasteiger partial charge in [0.2, 0.25) is 5.91 Å². The summed E-state index contributed by atoms with van der Waals surface area (Å²) in [5.74, 6) is -1.25. The minimum atomic E-state index is -0.724. The molecule has 1 unspecified atom stereocenters. The van der Waals surface area contributed by atoms with Gasteiger partial charge in [0.25, 0.3) is 0 Å². The van der Waals surface area contributed by atoms with Gasteiger partial charge in [-0.3, -0.25) is 9.59 Å². The predicted molar refractivity (Wildman–Crippen MR) is 112 cm³/mol. The van der Waals surface area contributed by atoms with Gasteiger partial charge in [-0.1, -0.05) is 74.5 Å². The Bertz CT molecular complexity index is 802. The van der Waals surface area contributed by atoms with E-state index >= 15 is 0 Å². The van der Waals surface area contributed by atoms with Crippen molar-refractivity contribution in [2.24, 2.45) is 11.8 Å². The van der Waals surface area contributed by atoms with E-state index < -0.39 is 17.9 Å². The molecular formula is C24H29NO4. The number of ether oxygens (including phenoxy) is 1. The van der Waals surface area contributed by atoms with Crippen LogP contribution in [0.4, 0.5) is 0 Å². The molecule has 2 rings (SSSR count). The summed E-state index contributed by atoms with van der Waals surface area (Å²) in [6, 6.07) is 17.8. The standard InChI is InChI=1S/C24H29NO4/c1-17(2)14-21(24(28)29-3)25-23(27)20(15-18-10-6-4-7-11-18)16-22(26)19-12-8-5-9-13-19/h4-13,17,20-21H,14-16H2,1-3H3,(H,25,27)/t20?,21-/m1/s1. The topological polar surface area (TPSA) is 72.5 Å². The van der Waals surface area contributed by atoms with Crippen LogP contribution in [0.3, 0.4) is 0 Å². The molecule has 0 spiro atoms. The van der Waals surface area contributed by atoms with Gasteiger partial charge in [-0.05, 0) is 24.3 Å². The third-order valence-electron chi connectivity index (χ3n) is 4.73. The highest BCUT2D eigenvalue weighted by molar-refractivity contribution is 5.99.